The van der Waals surface area contributed by atoms with E-state index in [9.17, 15) is 4.79 Å². The molecular weight excluding hydrogens is 310 g/mol. The lowest BCUT2D eigenvalue weighted by Gasteiger charge is -2.17. The number of nitrogens with one attached hydrogen (secondary N) is 1. The van der Waals surface area contributed by atoms with E-state index >= 15 is 0 Å². The highest BCUT2D eigenvalue weighted by Gasteiger charge is 2.14. The minimum Gasteiger partial charge on any atom is -0.492 e. The largest absolute Gasteiger partial charge is 0.492 e. The lowest BCUT2D eigenvalue weighted by Crippen LogP contribution is -2.27. The first-order valence-corrected chi connectivity index (χ1v) is 8.10. The predicted molar refractivity (Wildman–Crippen MR) is 94.4 cm³/mol. The third-order valence-corrected chi connectivity index (χ3v) is 4.03. The molecule has 3 nitrogen and oxygen atoms in total. The molecule has 1 atom stereocenters. The summed E-state index contributed by atoms with van der Waals surface area (Å²) < 4.78 is 5.39. The molecule has 0 heterocycles. The first-order valence-electron chi connectivity index (χ1n) is 7.72. The van der Waals surface area contributed by atoms with Gasteiger partial charge in [0, 0.05) is 5.56 Å². The van der Waals surface area contributed by atoms with Crippen LogP contribution in [0.2, 0.25) is 5.02 Å². The standard InChI is InChI=1S/C19H22ClNO2/c1-5-23-18-9-7-15(11-17(18)20)19(22)21-14(4)16-8-6-12(2)10-13(16)3/h6-11,14H,5H2,1-4H3,(H,21,22). The van der Waals surface area contributed by atoms with E-state index in [2.05, 4.69) is 37.4 Å². The van der Waals surface area contributed by atoms with E-state index in [4.69, 9.17) is 16.3 Å². The van der Waals surface area contributed by atoms with Crippen LogP contribution < -0.4 is 10.1 Å². The summed E-state index contributed by atoms with van der Waals surface area (Å²) in [5, 5.41) is 3.46. The molecule has 23 heavy (non-hydrogen) atoms. The van der Waals surface area contributed by atoms with Crippen LogP contribution >= 0.6 is 11.6 Å². The molecule has 0 spiro atoms. The second kappa shape index (κ2) is 7.51. The summed E-state index contributed by atoms with van der Waals surface area (Å²) in [7, 11) is 0. The molecular formula is C19H22ClNO2. The average Bonchev–Trinajstić information content (AvgIpc) is 2.49. The van der Waals surface area contributed by atoms with Gasteiger partial charge in [-0.2, -0.15) is 0 Å². The van der Waals surface area contributed by atoms with Crippen LogP contribution in [-0.2, 0) is 0 Å². The van der Waals surface area contributed by atoms with E-state index in [-0.39, 0.29) is 11.9 Å². The highest BCUT2D eigenvalue weighted by molar-refractivity contribution is 6.32. The Morgan fingerprint density at radius 2 is 1.96 bits per heavy atom. The zero-order valence-corrected chi connectivity index (χ0v) is 14.7. The fourth-order valence-corrected chi connectivity index (χ4v) is 2.82. The molecule has 4 heteroatoms. The molecule has 122 valence electrons. The number of halogens is 1. The Morgan fingerprint density at radius 3 is 2.57 bits per heavy atom. The number of amides is 1. The predicted octanol–water partition coefficient (Wildman–Crippen LogP) is 4.85. The SMILES string of the molecule is CCOc1ccc(C(=O)NC(C)c2ccc(C)cc2C)cc1Cl. The van der Waals surface area contributed by atoms with Gasteiger partial charge in [0.2, 0.25) is 0 Å². The van der Waals surface area contributed by atoms with Crippen LogP contribution in [-0.4, -0.2) is 12.5 Å². The van der Waals surface area contributed by atoms with Gasteiger partial charge in [0.05, 0.1) is 17.7 Å². The Bertz CT molecular complexity index is 713. The molecule has 0 aliphatic heterocycles. The van der Waals surface area contributed by atoms with Crippen molar-refractivity contribution in [3.05, 3.63) is 63.7 Å². The van der Waals surface area contributed by atoms with Crippen LogP contribution in [0.3, 0.4) is 0 Å². The van der Waals surface area contributed by atoms with E-state index in [1.165, 1.54) is 11.1 Å². The van der Waals surface area contributed by atoms with Crippen molar-refractivity contribution in [1.82, 2.24) is 5.32 Å². The summed E-state index contributed by atoms with van der Waals surface area (Å²) in [6, 6.07) is 11.2. The van der Waals surface area contributed by atoms with E-state index in [0.717, 1.165) is 5.56 Å². The number of hydrogen-bond acceptors (Lipinski definition) is 2. The Hall–Kier alpha value is -2.00. The van der Waals surface area contributed by atoms with E-state index < -0.39 is 0 Å². The Balaban J connectivity index is 2.13. The van der Waals surface area contributed by atoms with Gasteiger partial charge < -0.3 is 10.1 Å². The second-order valence-electron chi connectivity index (χ2n) is 5.63. The maximum atomic E-state index is 12.4. The van der Waals surface area contributed by atoms with Crippen LogP contribution in [0.1, 0.15) is 46.9 Å². The van der Waals surface area contributed by atoms with Gasteiger partial charge in [0.15, 0.2) is 0 Å². The minimum atomic E-state index is -0.151. The molecule has 0 saturated carbocycles. The van der Waals surface area contributed by atoms with Gasteiger partial charge in [-0.1, -0.05) is 35.4 Å². The molecule has 0 radical (unpaired) electrons. The van der Waals surface area contributed by atoms with Crippen LogP contribution in [0.15, 0.2) is 36.4 Å². The molecule has 0 bridgehead atoms. The molecule has 0 saturated heterocycles. The molecule has 2 rings (SSSR count). The van der Waals surface area contributed by atoms with Crippen molar-refractivity contribution >= 4 is 17.5 Å². The summed E-state index contributed by atoms with van der Waals surface area (Å²) in [5.74, 6) is 0.440. The molecule has 0 aliphatic carbocycles. The number of benzene rings is 2. The number of aryl methyl sites for hydroxylation is 2. The molecule has 0 fully saturated rings. The van der Waals surface area contributed by atoms with Crippen LogP contribution in [0, 0.1) is 13.8 Å². The van der Waals surface area contributed by atoms with Crippen LogP contribution in [0.25, 0.3) is 0 Å². The van der Waals surface area contributed by atoms with Crippen LogP contribution in [0.5, 0.6) is 5.75 Å². The maximum Gasteiger partial charge on any atom is 0.251 e. The van der Waals surface area contributed by atoms with Crippen molar-refractivity contribution in [2.45, 2.75) is 33.7 Å². The summed E-state index contributed by atoms with van der Waals surface area (Å²) >= 11 is 6.14. The third-order valence-electron chi connectivity index (χ3n) is 3.73. The summed E-state index contributed by atoms with van der Waals surface area (Å²) in [6.07, 6.45) is 0. The number of carbonyl (C=O) groups is 1. The van der Waals surface area contributed by atoms with Gasteiger partial charge in [-0.15, -0.1) is 0 Å². The van der Waals surface area contributed by atoms with Crippen molar-refractivity contribution in [3.63, 3.8) is 0 Å². The molecule has 1 N–H and O–H groups in total. The van der Waals surface area contributed by atoms with Gasteiger partial charge in [-0.05, 0) is 57.0 Å². The maximum absolute atomic E-state index is 12.4. The lowest BCUT2D eigenvalue weighted by atomic mass is 10.00. The second-order valence-corrected chi connectivity index (χ2v) is 6.04. The van der Waals surface area contributed by atoms with Gasteiger partial charge in [-0.3, -0.25) is 4.79 Å². The van der Waals surface area contributed by atoms with Crippen molar-refractivity contribution < 1.29 is 9.53 Å². The van der Waals surface area contributed by atoms with E-state index in [0.29, 0.717) is 22.9 Å². The van der Waals surface area contributed by atoms with Gasteiger partial charge in [0.1, 0.15) is 5.75 Å². The van der Waals surface area contributed by atoms with Crippen molar-refractivity contribution in [1.29, 1.82) is 0 Å². The number of hydrogen-bond donors (Lipinski definition) is 1. The normalized spacial score (nSPS) is 11.9. The fraction of sp³-hybridized carbons (Fsp3) is 0.316. The highest BCUT2D eigenvalue weighted by Crippen LogP contribution is 2.26. The van der Waals surface area contributed by atoms with Crippen LogP contribution in [0.4, 0.5) is 0 Å². The summed E-state index contributed by atoms with van der Waals surface area (Å²) in [4.78, 5) is 12.4. The van der Waals surface area contributed by atoms with Gasteiger partial charge >= 0.3 is 0 Å². The molecule has 1 unspecified atom stereocenters. The minimum absolute atomic E-state index is 0.0755. The molecule has 2 aromatic rings. The molecule has 2 aromatic carbocycles. The molecule has 0 aliphatic rings. The van der Waals surface area contributed by atoms with E-state index in [1.807, 2.05) is 13.8 Å². The Labute approximate surface area is 142 Å². The quantitative estimate of drug-likeness (QED) is 0.850. The van der Waals surface area contributed by atoms with Crippen molar-refractivity contribution in [2.75, 3.05) is 6.61 Å². The van der Waals surface area contributed by atoms with E-state index in [1.54, 1.807) is 18.2 Å². The monoisotopic (exact) mass is 331 g/mol. The summed E-state index contributed by atoms with van der Waals surface area (Å²) in [6.45, 7) is 8.52. The topological polar surface area (TPSA) is 38.3 Å². The first-order chi connectivity index (χ1) is 10.9. The van der Waals surface area contributed by atoms with Gasteiger partial charge in [-0.25, -0.2) is 0 Å². The fourth-order valence-electron chi connectivity index (χ4n) is 2.58. The molecule has 0 aromatic heterocycles. The zero-order chi connectivity index (χ0) is 17.0. The molecule has 1 amide bonds. The average molecular weight is 332 g/mol. The third kappa shape index (κ3) is 4.26. The number of carbonyl (C=O) groups excluding carboxylic acids is 1. The lowest BCUT2D eigenvalue weighted by molar-refractivity contribution is 0.0940. The van der Waals surface area contributed by atoms with Gasteiger partial charge in [0.25, 0.3) is 5.91 Å². The zero-order valence-electron chi connectivity index (χ0n) is 13.9. The smallest absolute Gasteiger partial charge is 0.251 e. The Kier molecular flexibility index (Phi) is 5.67. The Morgan fingerprint density at radius 1 is 1.22 bits per heavy atom. The first kappa shape index (κ1) is 17.4. The van der Waals surface area contributed by atoms with Crippen molar-refractivity contribution in [2.24, 2.45) is 0 Å². The highest BCUT2D eigenvalue weighted by atomic mass is 35.5. The summed E-state index contributed by atoms with van der Waals surface area (Å²) in [5.41, 5.74) is 4.02. The number of ether oxygens (including phenoxy) is 1. The number of rotatable bonds is 5. The van der Waals surface area contributed by atoms with Crippen molar-refractivity contribution in [3.8, 4) is 5.75 Å².